The van der Waals surface area contributed by atoms with Gasteiger partial charge in [0.1, 0.15) is 0 Å². The van der Waals surface area contributed by atoms with E-state index in [0.29, 0.717) is 0 Å². The molecule has 0 saturated carbocycles. The van der Waals surface area contributed by atoms with Crippen LogP contribution in [0.15, 0.2) is 0 Å². The summed E-state index contributed by atoms with van der Waals surface area (Å²) in [6.07, 6.45) is 0. The number of carbonyl (C=O) groups is 1. The van der Waals surface area contributed by atoms with Crippen LogP contribution in [0.3, 0.4) is 0 Å². The standard InChI is InChI=1S/CH2O2.2Na.H2O8S2/c2-1-3;;;1-9(2,3)7-8-10(4,5)6/h1H,(H,2,3);;;(H,1,2,3)(H,4,5,6)/q;2*+1;/p-2. The van der Waals surface area contributed by atoms with Gasteiger partial charge in [-0.2, -0.15) is 8.42 Å². The molecule has 0 radical (unpaired) electrons. The third-order valence-corrected chi connectivity index (χ3v) is 0.758. The second-order valence-corrected chi connectivity index (χ2v) is 3.01. The van der Waals surface area contributed by atoms with E-state index in [4.69, 9.17) is 14.5 Å². The van der Waals surface area contributed by atoms with Gasteiger partial charge in [0.15, 0.2) is 0 Å². The predicted octanol–water partition coefficient (Wildman–Crippen LogP) is -9.43. The van der Waals surface area contributed by atoms with E-state index in [1.54, 1.807) is 0 Å². The zero-order chi connectivity index (χ0) is 11.1. The summed E-state index contributed by atoms with van der Waals surface area (Å²) in [6, 6.07) is 0. The van der Waals surface area contributed by atoms with Gasteiger partial charge in [0.2, 0.25) is 10.4 Å². The molecule has 80 valence electrons. The Kier molecular flexibility index (Phi) is 19.6. The minimum absolute atomic E-state index is 0. The van der Waals surface area contributed by atoms with E-state index >= 15 is 0 Å². The Hall–Kier alpha value is 1.21. The molecule has 0 atom stereocenters. The Labute approximate surface area is 129 Å². The zero-order valence-electron chi connectivity index (χ0n) is 7.52. The number of carbonyl (C=O) groups excluding carboxylic acids is 1. The van der Waals surface area contributed by atoms with Crippen LogP contribution in [-0.4, -0.2) is 32.4 Å². The van der Waals surface area contributed by atoms with E-state index in [1.807, 2.05) is 0 Å². The summed E-state index contributed by atoms with van der Waals surface area (Å²) < 4.78 is 60.2. The first-order valence-corrected chi connectivity index (χ1v) is 4.69. The Morgan fingerprint density at radius 1 is 1.07 bits per heavy atom. The van der Waals surface area contributed by atoms with Crippen molar-refractivity contribution < 1.29 is 104 Å². The molecule has 15 heavy (non-hydrogen) atoms. The van der Waals surface area contributed by atoms with Gasteiger partial charge < -0.3 is 14.5 Å². The van der Waals surface area contributed by atoms with Crippen LogP contribution < -0.4 is 64.2 Å². The maximum Gasteiger partial charge on any atom is 1.00 e. The molecule has 10 nitrogen and oxygen atoms in total. The first-order valence-electron chi connectivity index (χ1n) is 1.99. The van der Waals surface area contributed by atoms with Crippen molar-refractivity contribution in [2.45, 2.75) is 0 Å². The molecule has 0 aliphatic rings. The number of hydrogen-bond donors (Lipinski definition) is 1. The molecule has 14 heteroatoms. The fraction of sp³-hybridized carbons (Fsp3) is 0. The summed E-state index contributed by atoms with van der Waals surface area (Å²) in [4.78, 5) is 8.25. The molecule has 0 amide bonds. The van der Waals surface area contributed by atoms with Crippen molar-refractivity contribution in [1.82, 2.24) is 0 Å². The van der Waals surface area contributed by atoms with Crippen LogP contribution in [0, 0.1) is 0 Å². The molecule has 0 heterocycles. The summed E-state index contributed by atoms with van der Waals surface area (Å²) in [5.74, 6) is 0. The molecular formula is CH2Na2O10S2. The first-order chi connectivity index (χ1) is 5.62. The number of hydrogen-bond acceptors (Lipinski definition) is 9. The third-order valence-electron chi connectivity index (χ3n) is 0.197. The topological polar surface area (TPSA) is 170 Å². The van der Waals surface area contributed by atoms with Gasteiger partial charge in [-0.15, -0.1) is 0 Å². The quantitative estimate of drug-likeness (QED) is 0.131. The number of rotatable bonds is 3. The van der Waals surface area contributed by atoms with Gasteiger partial charge in [-0.1, -0.05) is 8.67 Å². The Morgan fingerprint density at radius 3 is 1.40 bits per heavy atom. The average Bonchev–Trinajstić information content (AvgIpc) is 1.82. The maximum absolute atomic E-state index is 9.48. The minimum atomic E-state index is -5.27. The van der Waals surface area contributed by atoms with Crippen molar-refractivity contribution in [3.8, 4) is 0 Å². The van der Waals surface area contributed by atoms with Crippen LogP contribution in [0.2, 0.25) is 0 Å². The number of carboxylic acid groups (broad SMARTS) is 1. The molecule has 1 N–H and O–H groups in total. The molecule has 0 aliphatic carbocycles. The van der Waals surface area contributed by atoms with Gasteiger partial charge in [0.25, 0.3) is 0 Å². The van der Waals surface area contributed by atoms with Crippen LogP contribution in [0.5, 0.6) is 0 Å². The summed E-state index contributed by atoms with van der Waals surface area (Å²) in [6.45, 7) is -0.500. The first kappa shape index (κ1) is 25.2. The molecule has 0 saturated heterocycles. The SMILES string of the molecule is O=C[O-].O=S(=O)([O-])OOS(=O)(=O)O.[Na+].[Na+]. The van der Waals surface area contributed by atoms with E-state index < -0.39 is 27.3 Å². The van der Waals surface area contributed by atoms with Crippen molar-refractivity contribution in [3.05, 3.63) is 0 Å². The van der Waals surface area contributed by atoms with Crippen molar-refractivity contribution in [1.29, 1.82) is 0 Å². The van der Waals surface area contributed by atoms with E-state index in [2.05, 4.69) is 8.67 Å². The van der Waals surface area contributed by atoms with E-state index in [-0.39, 0.29) is 59.1 Å². The monoisotopic (exact) mass is 284 g/mol. The van der Waals surface area contributed by atoms with E-state index in [0.717, 1.165) is 0 Å². The molecular weight excluding hydrogens is 282 g/mol. The molecule has 0 rings (SSSR count). The largest absolute Gasteiger partial charge is 1.00 e. The Balaban J connectivity index is -0.000000108. The summed E-state index contributed by atoms with van der Waals surface area (Å²) in [7, 11) is -10.3. The molecule has 0 bridgehead atoms. The molecule has 0 unspecified atom stereocenters. The van der Waals surface area contributed by atoms with Gasteiger partial charge >= 0.3 is 69.5 Å². The molecule has 0 spiro atoms. The van der Waals surface area contributed by atoms with E-state index in [9.17, 15) is 21.4 Å². The second-order valence-electron chi connectivity index (χ2n) is 1.07. The van der Waals surface area contributed by atoms with Crippen molar-refractivity contribution in [2.75, 3.05) is 0 Å². The predicted molar refractivity (Wildman–Crippen MR) is 29.5 cm³/mol. The zero-order valence-corrected chi connectivity index (χ0v) is 13.1. The summed E-state index contributed by atoms with van der Waals surface area (Å²) in [5, 5.41) is 8.25. The molecule has 0 aliphatic heterocycles. The Bertz CT molecular complexity index is 294. The molecule has 0 aromatic rings. The van der Waals surface area contributed by atoms with Crippen LogP contribution in [0.25, 0.3) is 0 Å². The summed E-state index contributed by atoms with van der Waals surface area (Å²) in [5.41, 5.74) is 0. The fourth-order valence-corrected chi connectivity index (χ4v) is 0.622. The van der Waals surface area contributed by atoms with Gasteiger partial charge in [0.05, 0.1) is 0 Å². The maximum atomic E-state index is 9.48. The van der Waals surface area contributed by atoms with Gasteiger partial charge in [-0.25, -0.2) is 8.42 Å². The Morgan fingerprint density at radius 2 is 1.33 bits per heavy atom. The second kappa shape index (κ2) is 11.7. The molecule has 0 aromatic heterocycles. The van der Waals surface area contributed by atoms with Gasteiger partial charge in [0, 0.05) is 6.47 Å². The average molecular weight is 284 g/mol. The van der Waals surface area contributed by atoms with Crippen molar-refractivity contribution in [2.24, 2.45) is 0 Å². The van der Waals surface area contributed by atoms with Crippen LogP contribution in [0.1, 0.15) is 0 Å². The minimum Gasteiger partial charge on any atom is -0.724 e. The fourth-order valence-electron chi connectivity index (χ4n) is 0.0691. The van der Waals surface area contributed by atoms with Crippen molar-refractivity contribution in [3.63, 3.8) is 0 Å². The van der Waals surface area contributed by atoms with Crippen LogP contribution >= 0.6 is 0 Å². The van der Waals surface area contributed by atoms with Gasteiger partial charge in [-0.3, -0.25) is 4.55 Å². The molecule has 0 fully saturated rings. The smallest absolute Gasteiger partial charge is 0.724 e. The van der Waals surface area contributed by atoms with E-state index in [1.165, 1.54) is 0 Å². The normalized spacial score (nSPS) is 9.73. The summed E-state index contributed by atoms with van der Waals surface area (Å²) >= 11 is 0. The van der Waals surface area contributed by atoms with Crippen LogP contribution in [-0.2, 0) is 34.3 Å². The van der Waals surface area contributed by atoms with Crippen molar-refractivity contribution >= 4 is 27.3 Å². The van der Waals surface area contributed by atoms with Gasteiger partial charge in [-0.05, 0) is 0 Å². The third kappa shape index (κ3) is 39.4. The molecule has 0 aromatic carbocycles. The van der Waals surface area contributed by atoms with Crippen LogP contribution in [0.4, 0.5) is 0 Å².